The molecule has 0 saturated heterocycles. The highest BCUT2D eigenvalue weighted by atomic mass is 32.1. The molecule has 5 N–H and O–H groups in total. The van der Waals surface area contributed by atoms with Crippen LogP contribution in [-0.4, -0.2) is 40.9 Å². The standard InChI is InChI=1S/C11H21N5OS/c1-4-16(5-2)6-7(3)14-11-8(10(13)17)9(12)15-18-11/h7,14H,4-6H2,1-3H3,(H2,12,15)(H2,13,17). The van der Waals surface area contributed by atoms with E-state index in [9.17, 15) is 4.79 Å². The van der Waals surface area contributed by atoms with Gasteiger partial charge in [-0.15, -0.1) is 0 Å². The average molecular weight is 271 g/mol. The number of amides is 1. The number of anilines is 2. The predicted molar refractivity (Wildman–Crippen MR) is 75.9 cm³/mol. The largest absolute Gasteiger partial charge is 0.382 e. The van der Waals surface area contributed by atoms with E-state index in [2.05, 4.69) is 35.4 Å². The van der Waals surface area contributed by atoms with E-state index in [1.54, 1.807) is 0 Å². The van der Waals surface area contributed by atoms with Gasteiger partial charge in [0.1, 0.15) is 10.6 Å². The summed E-state index contributed by atoms with van der Waals surface area (Å²) in [4.78, 5) is 13.6. The Morgan fingerprint density at radius 3 is 2.61 bits per heavy atom. The summed E-state index contributed by atoms with van der Waals surface area (Å²) in [5.74, 6) is -0.344. The van der Waals surface area contributed by atoms with Gasteiger partial charge in [0.05, 0.1) is 0 Å². The maximum atomic E-state index is 11.3. The zero-order valence-corrected chi connectivity index (χ0v) is 11.9. The molecule has 0 aliphatic rings. The first kappa shape index (κ1) is 14.7. The van der Waals surface area contributed by atoms with Gasteiger partial charge in [-0.2, -0.15) is 4.37 Å². The van der Waals surface area contributed by atoms with Gasteiger partial charge in [0, 0.05) is 12.6 Å². The number of nitrogens with one attached hydrogen (secondary N) is 1. The summed E-state index contributed by atoms with van der Waals surface area (Å²) in [6, 6.07) is 0.197. The molecular formula is C11H21N5OS. The van der Waals surface area contributed by atoms with E-state index in [0.29, 0.717) is 10.6 Å². The van der Waals surface area contributed by atoms with Gasteiger partial charge in [-0.1, -0.05) is 13.8 Å². The number of nitrogens with two attached hydrogens (primary N) is 2. The summed E-state index contributed by atoms with van der Waals surface area (Å²) in [5, 5.41) is 3.90. The SMILES string of the molecule is CCN(CC)CC(C)Nc1snc(N)c1C(N)=O. The maximum absolute atomic E-state index is 11.3. The van der Waals surface area contributed by atoms with Crippen LogP contribution in [0.25, 0.3) is 0 Å². The van der Waals surface area contributed by atoms with E-state index in [1.807, 2.05) is 0 Å². The Kier molecular flexibility index (Phi) is 5.36. The van der Waals surface area contributed by atoms with Crippen molar-refractivity contribution in [3.05, 3.63) is 5.56 Å². The van der Waals surface area contributed by atoms with Gasteiger partial charge in [-0.3, -0.25) is 4.79 Å². The summed E-state index contributed by atoms with van der Waals surface area (Å²) in [7, 11) is 0. The van der Waals surface area contributed by atoms with Crippen molar-refractivity contribution in [3.63, 3.8) is 0 Å². The molecule has 0 spiro atoms. The Morgan fingerprint density at radius 2 is 2.11 bits per heavy atom. The van der Waals surface area contributed by atoms with Crippen LogP contribution in [0.3, 0.4) is 0 Å². The Morgan fingerprint density at radius 1 is 1.50 bits per heavy atom. The molecule has 0 aromatic carbocycles. The summed E-state index contributed by atoms with van der Waals surface area (Å²) in [6.07, 6.45) is 0. The Bertz CT molecular complexity index is 402. The van der Waals surface area contributed by atoms with Crippen molar-refractivity contribution < 1.29 is 4.79 Å². The van der Waals surface area contributed by atoms with E-state index in [0.717, 1.165) is 19.6 Å². The fourth-order valence-corrected chi connectivity index (χ4v) is 2.61. The lowest BCUT2D eigenvalue weighted by Crippen LogP contribution is -2.35. The van der Waals surface area contributed by atoms with Gasteiger partial charge in [-0.05, 0) is 31.5 Å². The van der Waals surface area contributed by atoms with Crippen LogP contribution in [0.1, 0.15) is 31.1 Å². The monoisotopic (exact) mass is 271 g/mol. The maximum Gasteiger partial charge on any atom is 0.255 e. The lowest BCUT2D eigenvalue weighted by Gasteiger charge is -2.23. The van der Waals surface area contributed by atoms with Crippen LogP contribution >= 0.6 is 11.5 Å². The lowest BCUT2D eigenvalue weighted by molar-refractivity contribution is 0.100. The number of hydrogen-bond donors (Lipinski definition) is 3. The van der Waals surface area contributed by atoms with E-state index >= 15 is 0 Å². The molecule has 0 aliphatic carbocycles. The number of hydrogen-bond acceptors (Lipinski definition) is 6. The molecule has 0 radical (unpaired) electrons. The van der Waals surface area contributed by atoms with Crippen LogP contribution in [0.4, 0.5) is 10.8 Å². The highest BCUT2D eigenvalue weighted by Gasteiger charge is 2.18. The van der Waals surface area contributed by atoms with Crippen molar-refractivity contribution >= 4 is 28.3 Å². The molecule has 1 amide bonds. The minimum absolute atomic E-state index is 0.197. The Balaban J connectivity index is 2.70. The van der Waals surface area contributed by atoms with Gasteiger partial charge in [0.25, 0.3) is 5.91 Å². The molecule has 0 bridgehead atoms. The van der Waals surface area contributed by atoms with Gasteiger partial charge >= 0.3 is 0 Å². The molecule has 1 aromatic heterocycles. The van der Waals surface area contributed by atoms with Crippen molar-refractivity contribution in [3.8, 4) is 0 Å². The molecule has 18 heavy (non-hydrogen) atoms. The van der Waals surface area contributed by atoms with E-state index in [4.69, 9.17) is 11.5 Å². The third kappa shape index (κ3) is 3.58. The van der Waals surface area contributed by atoms with Gasteiger partial charge in [0.2, 0.25) is 0 Å². The third-order valence-corrected chi connectivity index (χ3v) is 3.56. The Labute approximate surface area is 112 Å². The van der Waals surface area contributed by atoms with Crippen molar-refractivity contribution in [1.29, 1.82) is 0 Å². The topological polar surface area (TPSA) is 97.3 Å². The summed E-state index contributed by atoms with van der Waals surface area (Å²) in [6.45, 7) is 9.18. The van der Waals surface area contributed by atoms with Crippen LogP contribution in [0, 0.1) is 0 Å². The molecule has 0 saturated carbocycles. The van der Waals surface area contributed by atoms with Crippen LogP contribution in [-0.2, 0) is 0 Å². The average Bonchev–Trinajstić information content (AvgIpc) is 2.67. The summed E-state index contributed by atoms with van der Waals surface area (Å²) >= 11 is 1.17. The number of aromatic nitrogens is 1. The molecule has 0 aliphatic heterocycles. The number of nitrogens with zero attached hydrogens (tertiary/aromatic N) is 2. The second-order valence-electron chi connectivity index (χ2n) is 4.17. The normalized spacial score (nSPS) is 12.7. The molecule has 102 valence electrons. The van der Waals surface area contributed by atoms with Crippen LogP contribution in [0.5, 0.6) is 0 Å². The quantitative estimate of drug-likeness (QED) is 0.686. The van der Waals surface area contributed by atoms with Crippen LogP contribution in [0.2, 0.25) is 0 Å². The second kappa shape index (κ2) is 6.55. The highest BCUT2D eigenvalue weighted by Crippen LogP contribution is 2.26. The van der Waals surface area contributed by atoms with Crippen LogP contribution in [0.15, 0.2) is 0 Å². The molecule has 1 aromatic rings. The number of likely N-dealkylation sites (N-methyl/N-ethyl adjacent to an activating group) is 1. The highest BCUT2D eigenvalue weighted by molar-refractivity contribution is 7.11. The van der Waals surface area contributed by atoms with E-state index in [-0.39, 0.29) is 11.9 Å². The summed E-state index contributed by atoms with van der Waals surface area (Å²) in [5.41, 5.74) is 11.2. The van der Waals surface area contributed by atoms with Crippen molar-refractivity contribution in [1.82, 2.24) is 9.27 Å². The van der Waals surface area contributed by atoms with E-state index in [1.165, 1.54) is 11.5 Å². The lowest BCUT2D eigenvalue weighted by atomic mass is 10.2. The number of primary amides is 1. The second-order valence-corrected chi connectivity index (χ2v) is 4.94. The molecule has 0 fully saturated rings. The molecule has 7 heteroatoms. The minimum atomic E-state index is -0.543. The number of carbonyl (C=O) groups excluding carboxylic acids is 1. The first-order valence-electron chi connectivity index (χ1n) is 6.03. The molecule has 1 rings (SSSR count). The predicted octanol–water partition coefficient (Wildman–Crippen LogP) is 0.966. The smallest absolute Gasteiger partial charge is 0.255 e. The molecule has 1 heterocycles. The molecule has 1 atom stereocenters. The summed E-state index contributed by atoms with van der Waals surface area (Å²) < 4.78 is 3.95. The van der Waals surface area contributed by atoms with Gasteiger partial charge in [0.15, 0.2) is 5.82 Å². The van der Waals surface area contributed by atoms with Gasteiger partial charge < -0.3 is 21.7 Å². The first-order valence-corrected chi connectivity index (χ1v) is 6.80. The fraction of sp³-hybridized carbons (Fsp3) is 0.636. The number of carbonyl (C=O) groups is 1. The zero-order valence-electron chi connectivity index (χ0n) is 11.1. The molecule has 1 unspecified atom stereocenters. The third-order valence-electron chi connectivity index (χ3n) is 2.77. The number of rotatable bonds is 7. The van der Waals surface area contributed by atoms with Gasteiger partial charge in [-0.25, -0.2) is 0 Å². The van der Waals surface area contributed by atoms with Crippen molar-refractivity contribution in [2.75, 3.05) is 30.7 Å². The zero-order chi connectivity index (χ0) is 13.7. The molecular weight excluding hydrogens is 250 g/mol. The Hall–Kier alpha value is -1.34. The number of nitrogen functional groups attached to an aromatic ring is 1. The van der Waals surface area contributed by atoms with Crippen LogP contribution < -0.4 is 16.8 Å². The van der Waals surface area contributed by atoms with Crippen molar-refractivity contribution in [2.24, 2.45) is 5.73 Å². The fourth-order valence-electron chi connectivity index (χ4n) is 1.78. The first-order chi connectivity index (χ1) is 8.49. The minimum Gasteiger partial charge on any atom is -0.382 e. The van der Waals surface area contributed by atoms with Crippen molar-refractivity contribution in [2.45, 2.75) is 26.8 Å². The van der Waals surface area contributed by atoms with E-state index < -0.39 is 5.91 Å². The molecule has 6 nitrogen and oxygen atoms in total.